The van der Waals surface area contributed by atoms with Crippen molar-refractivity contribution >= 4 is 6.09 Å². The van der Waals surface area contributed by atoms with Crippen molar-refractivity contribution in [2.24, 2.45) is 5.73 Å². The minimum absolute atomic E-state index is 0.0347. The van der Waals surface area contributed by atoms with Crippen molar-refractivity contribution in [2.45, 2.75) is 38.8 Å². The third-order valence-electron chi connectivity index (χ3n) is 2.31. The Bertz CT molecular complexity index is 182. The summed E-state index contributed by atoms with van der Waals surface area (Å²) in [6.45, 7) is 5.36. The number of cyclic esters (lactones) is 1. The highest BCUT2D eigenvalue weighted by atomic mass is 16.6. The molecular formula is C9H18N2O2. The fourth-order valence-corrected chi connectivity index (χ4v) is 1.50. The second-order valence-corrected chi connectivity index (χ2v) is 3.66. The SMILES string of the molecule is CC(C)N1CCC(CCN)OC1=O. The molecule has 0 aliphatic carbocycles. The van der Waals surface area contributed by atoms with Crippen molar-refractivity contribution in [1.82, 2.24) is 4.90 Å². The summed E-state index contributed by atoms with van der Waals surface area (Å²) in [5.41, 5.74) is 5.39. The number of amides is 1. The van der Waals surface area contributed by atoms with Gasteiger partial charge in [-0.1, -0.05) is 0 Å². The fraction of sp³-hybridized carbons (Fsp3) is 0.889. The number of carbonyl (C=O) groups excluding carboxylic acids is 1. The summed E-state index contributed by atoms with van der Waals surface area (Å²) in [6.07, 6.45) is 1.52. The summed E-state index contributed by atoms with van der Waals surface area (Å²) in [7, 11) is 0. The molecule has 1 fully saturated rings. The molecule has 4 heteroatoms. The van der Waals surface area contributed by atoms with Gasteiger partial charge in [0, 0.05) is 19.0 Å². The van der Waals surface area contributed by atoms with Gasteiger partial charge < -0.3 is 15.4 Å². The molecule has 1 aliphatic heterocycles. The Morgan fingerprint density at radius 3 is 2.85 bits per heavy atom. The topological polar surface area (TPSA) is 55.6 Å². The van der Waals surface area contributed by atoms with Crippen molar-refractivity contribution in [1.29, 1.82) is 0 Å². The molecule has 0 radical (unpaired) electrons. The highest BCUT2D eigenvalue weighted by Crippen LogP contribution is 2.16. The lowest BCUT2D eigenvalue weighted by atomic mass is 10.1. The van der Waals surface area contributed by atoms with Crippen LogP contribution in [-0.2, 0) is 4.74 Å². The van der Waals surface area contributed by atoms with Crippen LogP contribution in [0.3, 0.4) is 0 Å². The summed E-state index contributed by atoms with van der Waals surface area (Å²) >= 11 is 0. The number of rotatable bonds is 3. The van der Waals surface area contributed by atoms with Gasteiger partial charge in [0.1, 0.15) is 6.10 Å². The van der Waals surface area contributed by atoms with Crippen LogP contribution in [0.1, 0.15) is 26.7 Å². The standard InChI is InChI=1S/C9H18N2O2/c1-7(2)11-6-4-8(3-5-10)13-9(11)12/h7-8H,3-6,10H2,1-2H3. The molecule has 0 saturated carbocycles. The van der Waals surface area contributed by atoms with Crippen LogP contribution in [-0.4, -0.2) is 36.2 Å². The molecule has 0 spiro atoms. The van der Waals surface area contributed by atoms with Crippen LogP contribution in [0.15, 0.2) is 0 Å². The number of hydrogen-bond donors (Lipinski definition) is 1. The number of hydrogen-bond acceptors (Lipinski definition) is 3. The van der Waals surface area contributed by atoms with E-state index in [4.69, 9.17) is 10.5 Å². The first-order chi connectivity index (χ1) is 6.15. The highest BCUT2D eigenvalue weighted by Gasteiger charge is 2.27. The summed E-state index contributed by atoms with van der Waals surface area (Å²) < 4.78 is 5.21. The van der Waals surface area contributed by atoms with Gasteiger partial charge in [-0.15, -0.1) is 0 Å². The average molecular weight is 186 g/mol. The van der Waals surface area contributed by atoms with Gasteiger partial charge in [0.2, 0.25) is 0 Å². The van der Waals surface area contributed by atoms with E-state index in [0.29, 0.717) is 6.54 Å². The number of nitrogens with zero attached hydrogens (tertiary/aromatic N) is 1. The number of nitrogens with two attached hydrogens (primary N) is 1. The lowest BCUT2D eigenvalue weighted by Crippen LogP contribution is -2.45. The quantitative estimate of drug-likeness (QED) is 0.714. The van der Waals surface area contributed by atoms with Crippen molar-refractivity contribution in [2.75, 3.05) is 13.1 Å². The van der Waals surface area contributed by atoms with Crippen LogP contribution >= 0.6 is 0 Å². The summed E-state index contributed by atoms with van der Waals surface area (Å²) in [5.74, 6) is 0. The van der Waals surface area contributed by atoms with E-state index < -0.39 is 0 Å². The third kappa shape index (κ3) is 2.59. The van der Waals surface area contributed by atoms with E-state index in [2.05, 4.69) is 0 Å². The summed E-state index contributed by atoms with van der Waals surface area (Å²) in [6, 6.07) is 0.228. The van der Waals surface area contributed by atoms with E-state index in [0.717, 1.165) is 19.4 Å². The molecule has 0 aromatic heterocycles. The zero-order valence-corrected chi connectivity index (χ0v) is 8.32. The molecule has 1 aliphatic rings. The molecule has 1 heterocycles. The zero-order chi connectivity index (χ0) is 9.84. The second-order valence-electron chi connectivity index (χ2n) is 3.66. The van der Waals surface area contributed by atoms with E-state index in [1.54, 1.807) is 4.90 Å². The maximum Gasteiger partial charge on any atom is 0.410 e. The molecule has 1 rings (SSSR count). The molecule has 1 atom stereocenters. The van der Waals surface area contributed by atoms with Gasteiger partial charge in [-0.25, -0.2) is 4.79 Å². The average Bonchev–Trinajstić information content (AvgIpc) is 2.04. The molecule has 1 saturated heterocycles. The maximum atomic E-state index is 11.4. The Balaban J connectivity index is 2.42. The van der Waals surface area contributed by atoms with Crippen LogP contribution in [0.25, 0.3) is 0 Å². The minimum atomic E-state index is -0.195. The Morgan fingerprint density at radius 2 is 2.38 bits per heavy atom. The van der Waals surface area contributed by atoms with Gasteiger partial charge in [0.15, 0.2) is 0 Å². The van der Waals surface area contributed by atoms with Crippen molar-refractivity contribution in [3.05, 3.63) is 0 Å². The van der Waals surface area contributed by atoms with E-state index in [1.165, 1.54) is 0 Å². The Kier molecular flexibility index (Phi) is 3.54. The number of ether oxygens (including phenoxy) is 1. The van der Waals surface area contributed by atoms with Crippen LogP contribution < -0.4 is 5.73 Å². The molecule has 0 bridgehead atoms. The predicted molar refractivity (Wildman–Crippen MR) is 50.4 cm³/mol. The lowest BCUT2D eigenvalue weighted by molar-refractivity contribution is 0.0137. The first-order valence-corrected chi connectivity index (χ1v) is 4.82. The van der Waals surface area contributed by atoms with Gasteiger partial charge in [0.25, 0.3) is 0 Å². The lowest BCUT2D eigenvalue weighted by Gasteiger charge is -2.34. The zero-order valence-electron chi connectivity index (χ0n) is 8.32. The van der Waals surface area contributed by atoms with Gasteiger partial charge >= 0.3 is 6.09 Å². The normalized spacial score (nSPS) is 23.5. The Morgan fingerprint density at radius 1 is 1.69 bits per heavy atom. The Labute approximate surface area is 79.0 Å². The first kappa shape index (κ1) is 10.3. The number of carbonyl (C=O) groups is 1. The maximum absolute atomic E-state index is 11.4. The van der Waals surface area contributed by atoms with Gasteiger partial charge in [-0.05, 0) is 26.8 Å². The molecule has 13 heavy (non-hydrogen) atoms. The van der Waals surface area contributed by atoms with Gasteiger partial charge in [0.05, 0.1) is 0 Å². The van der Waals surface area contributed by atoms with E-state index >= 15 is 0 Å². The van der Waals surface area contributed by atoms with Gasteiger partial charge in [-0.2, -0.15) is 0 Å². The highest BCUT2D eigenvalue weighted by molar-refractivity contribution is 5.68. The summed E-state index contributed by atoms with van der Waals surface area (Å²) in [4.78, 5) is 13.1. The largest absolute Gasteiger partial charge is 0.446 e. The minimum Gasteiger partial charge on any atom is -0.446 e. The molecular weight excluding hydrogens is 168 g/mol. The first-order valence-electron chi connectivity index (χ1n) is 4.82. The third-order valence-corrected chi connectivity index (χ3v) is 2.31. The molecule has 2 N–H and O–H groups in total. The smallest absolute Gasteiger partial charge is 0.410 e. The molecule has 0 aromatic carbocycles. The monoisotopic (exact) mass is 186 g/mol. The second kappa shape index (κ2) is 4.46. The van der Waals surface area contributed by atoms with Crippen LogP contribution in [0.2, 0.25) is 0 Å². The van der Waals surface area contributed by atoms with Crippen LogP contribution in [0.5, 0.6) is 0 Å². The van der Waals surface area contributed by atoms with E-state index in [-0.39, 0.29) is 18.2 Å². The van der Waals surface area contributed by atoms with Crippen LogP contribution in [0, 0.1) is 0 Å². The fourth-order valence-electron chi connectivity index (χ4n) is 1.50. The Hall–Kier alpha value is -0.770. The van der Waals surface area contributed by atoms with E-state index in [9.17, 15) is 4.79 Å². The van der Waals surface area contributed by atoms with Gasteiger partial charge in [-0.3, -0.25) is 0 Å². The predicted octanol–water partition coefficient (Wildman–Crippen LogP) is 0.954. The van der Waals surface area contributed by atoms with E-state index in [1.807, 2.05) is 13.8 Å². The molecule has 0 aromatic rings. The molecule has 4 nitrogen and oxygen atoms in total. The molecule has 1 unspecified atom stereocenters. The molecule has 1 amide bonds. The molecule has 76 valence electrons. The van der Waals surface area contributed by atoms with Crippen molar-refractivity contribution in [3.63, 3.8) is 0 Å². The van der Waals surface area contributed by atoms with Crippen molar-refractivity contribution in [3.8, 4) is 0 Å². The van der Waals surface area contributed by atoms with Crippen LogP contribution in [0.4, 0.5) is 4.79 Å². The summed E-state index contributed by atoms with van der Waals surface area (Å²) in [5, 5.41) is 0. The van der Waals surface area contributed by atoms with Crippen molar-refractivity contribution < 1.29 is 9.53 Å².